The Hall–Kier alpha value is -3.13. The topological polar surface area (TPSA) is 80.1 Å². The molecular weight excluding hydrogens is 434 g/mol. The van der Waals surface area contributed by atoms with E-state index < -0.39 is 0 Å². The van der Waals surface area contributed by atoms with E-state index in [1.165, 1.54) is 11.8 Å². The van der Waals surface area contributed by atoms with Crippen LogP contribution in [0.15, 0.2) is 47.6 Å². The standard InChI is InChI=1S/C25H29N5O2S/c1-16-8-11-19(12-9-16)24(32)30-13-5-6-21(30)23-27-28-25(29(23)4)33-15-22(31)26-20-14-17(2)7-10-18(20)3/h7-12,14,21H,5-6,13,15H2,1-4H3,(H,26,31). The SMILES string of the molecule is Cc1ccc(C(=O)N2CCCC2c2nnc(SCC(=O)Nc3cc(C)ccc3C)n2C)cc1. The Bertz CT molecular complexity index is 1170. The number of nitrogens with one attached hydrogen (secondary N) is 1. The molecule has 2 heterocycles. The number of carbonyl (C=O) groups excluding carboxylic acids is 2. The molecule has 7 nitrogen and oxygen atoms in total. The third-order valence-electron chi connectivity index (χ3n) is 5.98. The van der Waals surface area contributed by atoms with Gasteiger partial charge in [-0.25, -0.2) is 0 Å². The number of rotatable bonds is 6. The molecule has 0 saturated carbocycles. The molecule has 1 N–H and O–H groups in total. The fraction of sp³-hybridized carbons (Fsp3) is 0.360. The van der Waals surface area contributed by atoms with Crippen LogP contribution in [0.2, 0.25) is 0 Å². The van der Waals surface area contributed by atoms with Crippen LogP contribution in [-0.4, -0.2) is 43.8 Å². The number of hydrogen-bond acceptors (Lipinski definition) is 5. The van der Waals surface area contributed by atoms with Crippen molar-refractivity contribution in [3.8, 4) is 0 Å². The predicted octanol–water partition coefficient (Wildman–Crippen LogP) is 4.45. The third-order valence-corrected chi connectivity index (χ3v) is 7.00. The summed E-state index contributed by atoms with van der Waals surface area (Å²) in [4.78, 5) is 27.5. The quantitative estimate of drug-likeness (QED) is 0.547. The van der Waals surface area contributed by atoms with Crippen LogP contribution in [0.4, 0.5) is 5.69 Å². The molecule has 1 fully saturated rings. The van der Waals surface area contributed by atoms with Crippen LogP contribution < -0.4 is 5.32 Å². The summed E-state index contributed by atoms with van der Waals surface area (Å²) >= 11 is 1.35. The number of amides is 2. The number of anilines is 1. The lowest BCUT2D eigenvalue weighted by molar-refractivity contribution is -0.113. The lowest BCUT2D eigenvalue weighted by Crippen LogP contribution is -2.31. The minimum atomic E-state index is -0.116. The van der Waals surface area contributed by atoms with E-state index in [0.717, 1.165) is 41.0 Å². The van der Waals surface area contributed by atoms with Gasteiger partial charge in [0, 0.05) is 24.8 Å². The van der Waals surface area contributed by atoms with Crippen LogP contribution >= 0.6 is 11.8 Å². The average Bonchev–Trinajstić information content (AvgIpc) is 3.41. The fourth-order valence-corrected chi connectivity index (χ4v) is 4.79. The Morgan fingerprint density at radius 1 is 1.06 bits per heavy atom. The molecule has 0 bridgehead atoms. The molecule has 1 unspecified atom stereocenters. The van der Waals surface area contributed by atoms with Gasteiger partial charge >= 0.3 is 0 Å². The Kier molecular flexibility index (Phi) is 6.83. The zero-order valence-electron chi connectivity index (χ0n) is 19.5. The molecule has 1 aliphatic rings. The summed E-state index contributed by atoms with van der Waals surface area (Å²) in [6.07, 6.45) is 1.78. The Morgan fingerprint density at radius 3 is 2.55 bits per heavy atom. The lowest BCUT2D eigenvalue weighted by Gasteiger charge is -2.24. The van der Waals surface area contributed by atoms with Crippen molar-refractivity contribution in [1.82, 2.24) is 19.7 Å². The first kappa shape index (κ1) is 23.0. The van der Waals surface area contributed by atoms with Gasteiger partial charge in [0.25, 0.3) is 5.91 Å². The molecule has 0 spiro atoms. The van der Waals surface area contributed by atoms with Crippen LogP contribution in [0.5, 0.6) is 0 Å². The van der Waals surface area contributed by atoms with Crippen molar-refractivity contribution in [1.29, 1.82) is 0 Å². The van der Waals surface area contributed by atoms with Crippen molar-refractivity contribution < 1.29 is 9.59 Å². The van der Waals surface area contributed by atoms with Gasteiger partial charge in [0.2, 0.25) is 5.91 Å². The Balaban J connectivity index is 1.42. The van der Waals surface area contributed by atoms with Crippen LogP contribution in [0.1, 0.15) is 51.8 Å². The fourth-order valence-electron chi connectivity index (χ4n) is 4.07. The molecule has 1 atom stereocenters. The van der Waals surface area contributed by atoms with Crippen molar-refractivity contribution in [3.05, 3.63) is 70.5 Å². The number of likely N-dealkylation sites (tertiary alicyclic amines) is 1. The molecule has 2 amide bonds. The third kappa shape index (κ3) is 5.11. The number of carbonyl (C=O) groups is 2. The van der Waals surface area contributed by atoms with Crippen molar-refractivity contribution in [3.63, 3.8) is 0 Å². The maximum atomic E-state index is 13.1. The smallest absolute Gasteiger partial charge is 0.254 e. The second kappa shape index (κ2) is 9.79. The van der Waals surface area contributed by atoms with Gasteiger partial charge in [0.15, 0.2) is 11.0 Å². The van der Waals surface area contributed by atoms with E-state index in [0.29, 0.717) is 17.3 Å². The maximum absolute atomic E-state index is 13.1. The van der Waals surface area contributed by atoms with Gasteiger partial charge in [0.1, 0.15) is 0 Å². The summed E-state index contributed by atoms with van der Waals surface area (Å²) in [5.74, 6) is 0.916. The highest BCUT2D eigenvalue weighted by molar-refractivity contribution is 7.99. The van der Waals surface area contributed by atoms with Gasteiger partial charge in [-0.15, -0.1) is 10.2 Å². The van der Waals surface area contributed by atoms with E-state index in [-0.39, 0.29) is 23.6 Å². The molecule has 2 aromatic carbocycles. The van der Waals surface area contributed by atoms with Crippen LogP contribution in [0, 0.1) is 20.8 Å². The van der Waals surface area contributed by atoms with E-state index in [1.807, 2.05) is 79.8 Å². The summed E-state index contributed by atoms with van der Waals surface area (Å²) in [5.41, 5.74) is 4.77. The van der Waals surface area contributed by atoms with Gasteiger partial charge in [-0.05, 0) is 62.9 Å². The zero-order chi connectivity index (χ0) is 23.5. The molecule has 1 aromatic heterocycles. The first-order valence-corrected chi connectivity index (χ1v) is 12.1. The van der Waals surface area contributed by atoms with Crippen LogP contribution in [0.25, 0.3) is 0 Å². The summed E-state index contributed by atoms with van der Waals surface area (Å²) in [6, 6.07) is 13.5. The molecule has 4 rings (SSSR count). The summed E-state index contributed by atoms with van der Waals surface area (Å²) in [7, 11) is 1.90. The van der Waals surface area contributed by atoms with Crippen molar-refractivity contribution in [2.75, 3.05) is 17.6 Å². The number of benzene rings is 2. The Morgan fingerprint density at radius 2 is 1.79 bits per heavy atom. The van der Waals surface area contributed by atoms with Gasteiger partial charge in [-0.3, -0.25) is 9.59 Å². The van der Waals surface area contributed by atoms with E-state index in [2.05, 4.69) is 15.5 Å². The number of aryl methyl sites for hydroxylation is 3. The highest BCUT2D eigenvalue weighted by Crippen LogP contribution is 2.33. The highest BCUT2D eigenvalue weighted by atomic mass is 32.2. The number of nitrogens with zero attached hydrogens (tertiary/aromatic N) is 4. The molecule has 1 aliphatic heterocycles. The van der Waals surface area contributed by atoms with Gasteiger partial charge in [0.05, 0.1) is 11.8 Å². The highest BCUT2D eigenvalue weighted by Gasteiger charge is 2.34. The Labute approximate surface area is 198 Å². The largest absolute Gasteiger partial charge is 0.328 e. The van der Waals surface area contributed by atoms with Crippen molar-refractivity contribution in [2.24, 2.45) is 7.05 Å². The van der Waals surface area contributed by atoms with Crippen molar-refractivity contribution in [2.45, 2.75) is 44.8 Å². The second-order valence-corrected chi connectivity index (χ2v) is 9.52. The second-order valence-electron chi connectivity index (χ2n) is 8.58. The molecule has 3 aromatic rings. The summed E-state index contributed by atoms with van der Waals surface area (Å²) in [5, 5.41) is 12.3. The normalized spacial score (nSPS) is 15.6. The molecule has 0 radical (unpaired) electrons. The van der Waals surface area contributed by atoms with Crippen molar-refractivity contribution >= 4 is 29.3 Å². The minimum absolute atomic E-state index is 0.0163. The molecule has 8 heteroatoms. The van der Waals surface area contributed by atoms with Crippen LogP contribution in [-0.2, 0) is 11.8 Å². The molecular formula is C25H29N5O2S. The number of thioether (sulfide) groups is 1. The number of hydrogen-bond donors (Lipinski definition) is 1. The molecule has 33 heavy (non-hydrogen) atoms. The van der Waals surface area contributed by atoms with E-state index in [4.69, 9.17) is 0 Å². The lowest BCUT2D eigenvalue weighted by atomic mass is 10.1. The maximum Gasteiger partial charge on any atom is 0.254 e. The van der Waals surface area contributed by atoms with E-state index >= 15 is 0 Å². The summed E-state index contributed by atoms with van der Waals surface area (Å²) in [6.45, 7) is 6.68. The van der Waals surface area contributed by atoms with E-state index in [9.17, 15) is 9.59 Å². The van der Waals surface area contributed by atoms with Gasteiger partial charge < -0.3 is 14.8 Å². The number of aromatic nitrogens is 3. The first-order chi connectivity index (χ1) is 15.8. The van der Waals surface area contributed by atoms with Crippen LogP contribution in [0.3, 0.4) is 0 Å². The van der Waals surface area contributed by atoms with Gasteiger partial charge in [-0.1, -0.05) is 41.6 Å². The minimum Gasteiger partial charge on any atom is -0.328 e. The van der Waals surface area contributed by atoms with E-state index in [1.54, 1.807) is 0 Å². The molecule has 0 aliphatic carbocycles. The summed E-state index contributed by atoms with van der Waals surface area (Å²) < 4.78 is 1.90. The predicted molar refractivity (Wildman–Crippen MR) is 130 cm³/mol. The zero-order valence-corrected chi connectivity index (χ0v) is 20.3. The van der Waals surface area contributed by atoms with Gasteiger partial charge in [-0.2, -0.15) is 0 Å². The molecule has 1 saturated heterocycles. The first-order valence-electron chi connectivity index (χ1n) is 11.1. The average molecular weight is 464 g/mol. The molecule has 172 valence electrons. The monoisotopic (exact) mass is 463 g/mol.